The zero-order valence-electron chi connectivity index (χ0n) is 27.3. The quantitative estimate of drug-likeness (QED) is 0.0176. The Labute approximate surface area is 325 Å². The Balaban J connectivity index is 1.43. The lowest BCUT2D eigenvalue weighted by molar-refractivity contribution is -0.432. The number of rotatable bonds is 16. The number of anilines is 5. The summed E-state index contributed by atoms with van der Waals surface area (Å²) in [6.45, 7) is -0.816. The van der Waals surface area contributed by atoms with Crippen LogP contribution in [-0.2, 0) is 54.0 Å². The minimum Gasteiger partial charge on any atom is -0.396 e. The third-order valence-electron chi connectivity index (χ3n) is 6.95. The lowest BCUT2D eigenvalue weighted by Gasteiger charge is -2.12. The normalized spacial score (nSPS) is 12.7. The Hall–Kier alpha value is -4.69. The molecule has 0 bridgehead atoms. The van der Waals surface area contributed by atoms with Gasteiger partial charge in [0.2, 0.25) is 17.2 Å². The van der Waals surface area contributed by atoms with Gasteiger partial charge in [-0.05, 0) is 77.7 Å². The Morgan fingerprint density at radius 1 is 0.768 bits per heavy atom. The van der Waals surface area contributed by atoms with Gasteiger partial charge in [-0.1, -0.05) is 11.1 Å². The molecule has 0 aliphatic carbocycles. The maximum Gasteiger partial charge on any atom is 0.397 e. The van der Waals surface area contributed by atoms with Crippen LogP contribution < -0.4 is 16.4 Å². The second-order valence-corrected chi connectivity index (χ2v) is 17.8. The molecule has 0 saturated carbocycles. The SMILES string of the molecule is Nc1c(N=Nc2cc(Nc3nc(Cl)nc(Nc4ccc(S(=O)(=O)CCOS(=O)(=O)O)cc4)n3)ccc2S(=O)(=O)O)c(SOOO)cc2cc(S(=O)(=O)O)ccc12. The fourth-order valence-electron chi connectivity index (χ4n) is 4.58. The number of nitrogen functional groups attached to an aromatic ring is 1. The van der Waals surface area contributed by atoms with Crippen LogP contribution in [-0.4, -0.2) is 79.9 Å². The summed E-state index contributed by atoms with van der Waals surface area (Å²) >= 11 is 6.44. The molecule has 29 heteroatoms. The van der Waals surface area contributed by atoms with E-state index in [-0.39, 0.29) is 60.5 Å². The summed E-state index contributed by atoms with van der Waals surface area (Å²) in [4.78, 5) is 10.7. The Morgan fingerprint density at radius 3 is 2.00 bits per heavy atom. The molecular weight excluding hydrogens is 872 g/mol. The van der Waals surface area contributed by atoms with E-state index in [1.807, 2.05) is 0 Å². The van der Waals surface area contributed by atoms with Gasteiger partial charge in [0.1, 0.15) is 16.3 Å². The zero-order chi connectivity index (χ0) is 41.1. The van der Waals surface area contributed by atoms with Gasteiger partial charge < -0.3 is 16.4 Å². The molecule has 0 aliphatic rings. The van der Waals surface area contributed by atoms with Crippen molar-refractivity contribution in [3.8, 4) is 0 Å². The first-order valence-corrected chi connectivity index (χ1v) is 21.6. The number of azo groups is 1. The van der Waals surface area contributed by atoms with Gasteiger partial charge in [0.25, 0.3) is 20.2 Å². The predicted octanol–water partition coefficient (Wildman–Crippen LogP) is 4.68. The van der Waals surface area contributed by atoms with Gasteiger partial charge in [-0.25, -0.2) is 17.9 Å². The van der Waals surface area contributed by atoms with Crippen LogP contribution in [0.25, 0.3) is 10.8 Å². The van der Waals surface area contributed by atoms with Gasteiger partial charge >= 0.3 is 10.4 Å². The van der Waals surface area contributed by atoms with Crippen LogP contribution in [0.3, 0.4) is 0 Å². The van der Waals surface area contributed by atoms with E-state index in [0.717, 1.165) is 24.3 Å². The average molecular weight is 895 g/mol. The fourth-order valence-corrected chi connectivity index (χ4v) is 7.86. The van der Waals surface area contributed by atoms with E-state index in [4.69, 9.17) is 27.1 Å². The third kappa shape index (κ3) is 11.0. The highest BCUT2D eigenvalue weighted by Gasteiger charge is 2.21. The van der Waals surface area contributed by atoms with Crippen LogP contribution in [0, 0.1) is 0 Å². The number of nitrogens with one attached hydrogen (secondary N) is 2. The molecule has 0 spiro atoms. The summed E-state index contributed by atoms with van der Waals surface area (Å²) in [6, 6.07) is 13.1. The molecule has 0 saturated heterocycles. The van der Waals surface area contributed by atoms with E-state index in [0.29, 0.717) is 12.0 Å². The minimum atomic E-state index is -4.91. The van der Waals surface area contributed by atoms with E-state index >= 15 is 0 Å². The molecule has 0 radical (unpaired) electrons. The average Bonchev–Trinajstić information content (AvgIpc) is 3.08. The number of fused-ring (bicyclic) bond motifs is 1. The molecule has 1 heterocycles. The van der Waals surface area contributed by atoms with Gasteiger partial charge in [0.05, 0.1) is 44.8 Å². The molecule has 0 aliphatic heterocycles. The summed E-state index contributed by atoms with van der Waals surface area (Å²) in [5.74, 6) is -1.09. The maximum atomic E-state index is 12.5. The van der Waals surface area contributed by atoms with E-state index < -0.39 is 68.3 Å². The number of nitrogens with two attached hydrogens (primary N) is 1. The van der Waals surface area contributed by atoms with Gasteiger partial charge in [-0.3, -0.25) is 13.7 Å². The van der Waals surface area contributed by atoms with Crippen molar-refractivity contribution in [3.63, 3.8) is 0 Å². The Kier molecular flexibility index (Phi) is 12.7. The van der Waals surface area contributed by atoms with Crippen molar-refractivity contribution >= 4 is 115 Å². The van der Waals surface area contributed by atoms with E-state index in [9.17, 15) is 42.8 Å². The number of aromatic nitrogens is 3. The van der Waals surface area contributed by atoms with Crippen LogP contribution in [0.2, 0.25) is 5.28 Å². The second kappa shape index (κ2) is 16.8. The highest BCUT2D eigenvalue weighted by atomic mass is 35.5. The Morgan fingerprint density at radius 2 is 1.39 bits per heavy atom. The zero-order valence-corrected chi connectivity index (χ0v) is 32.1. The van der Waals surface area contributed by atoms with E-state index in [2.05, 4.69) is 49.4 Å². The summed E-state index contributed by atoms with van der Waals surface area (Å²) in [6.07, 6.45) is 0. The van der Waals surface area contributed by atoms with Crippen molar-refractivity contribution in [3.05, 3.63) is 72.0 Å². The van der Waals surface area contributed by atoms with Crippen LogP contribution in [0.15, 0.2) is 96.5 Å². The van der Waals surface area contributed by atoms with Crippen molar-refractivity contribution in [2.45, 2.75) is 19.6 Å². The van der Waals surface area contributed by atoms with Crippen molar-refractivity contribution in [1.82, 2.24) is 15.0 Å². The minimum absolute atomic E-state index is 0.0376. The number of halogens is 1. The Bertz CT molecular complexity index is 2800. The van der Waals surface area contributed by atoms with Crippen molar-refractivity contribution in [2.75, 3.05) is 28.7 Å². The molecular formula is C27H23ClN8O15S5. The maximum absolute atomic E-state index is 12.5. The first-order valence-electron chi connectivity index (χ1n) is 14.5. The number of hydrogen-bond acceptors (Lipinski definition) is 21. The lowest BCUT2D eigenvalue weighted by atomic mass is 10.1. The van der Waals surface area contributed by atoms with Crippen molar-refractivity contribution in [2.24, 2.45) is 10.2 Å². The molecule has 4 aromatic carbocycles. The van der Waals surface area contributed by atoms with Gasteiger partial charge in [0, 0.05) is 16.8 Å². The van der Waals surface area contributed by atoms with Crippen molar-refractivity contribution in [1.29, 1.82) is 0 Å². The molecule has 298 valence electrons. The predicted molar refractivity (Wildman–Crippen MR) is 197 cm³/mol. The summed E-state index contributed by atoms with van der Waals surface area (Å²) in [5, 5.41) is 25.9. The largest absolute Gasteiger partial charge is 0.397 e. The standard InChI is InChI=1S/C27H23ClN8O15S5/c28-25-32-26(30-15-1-4-17(5-2-15)53(38,39)10-9-49-56(46,47)48)34-27(33-25)31-16-3-8-22(55(43,44)45)20(13-16)35-36-24-21(52-51-50-37)12-14-11-18(54(40,41)42)6-7-19(14)23(24)29/h1-8,11-13,37H,9-10,29H2,(H,40,41,42)(H,43,44,45)(H,46,47,48)(H2,30,31,32,33,34). The van der Waals surface area contributed by atoms with Crippen LogP contribution in [0.4, 0.5) is 40.3 Å². The summed E-state index contributed by atoms with van der Waals surface area (Å²) < 4.78 is 131. The van der Waals surface area contributed by atoms with Gasteiger partial charge in [-0.15, -0.1) is 14.6 Å². The first-order chi connectivity index (χ1) is 26.1. The highest BCUT2D eigenvalue weighted by Crippen LogP contribution is 2.42. The summed E-state index contributed by atoms with van der Waals surface area (Å²) in [7, 11) is -18.3. The van der Waals surface area contributed by atoms with Crippen LogP contribution in [0.1, 0.15) is 0 Å². The molecule has 5 rings (SSSR count). The van der Waals surface area contributed by atoms with Gasteiger partial charge in [0.15, 0.2) is 9.84 Å². The lowest BCUT2D eigenvalue weighted by Crippen LogP contribution is -2.15. The molecule has 23 nitrogen and oxygen atoms in total. The van der Waals surface area contributed by atoms with E-state index in [1.165, 1.54) is 42.5 Å². The monoisotopic (exact) mass is 894 g/mol. The third-order valence-corrected chi connectivity index (χ3v) is 11.7. The number of sulfone groups is 1. The molecule has 1 aromatic heterocycles. The smallest absolute Gasteiger partial charge is 0.396 e. The molecule has 0 atom stereocenters. The van der Waals surface area contributed by atoms with Crippen LogP contribution in [0.5, 0.6) is 0 Å². The topological polar surface area (TPSA) is 359 Å². The fraction of sp³-hybridized carbons (Fsp3) is 0.0741. The first kappa shape index (κ1) is 42.5. The molecule has 56 heavy (non-hydrogen) atoms. The molecule has 0 unspecified atom stereocenters. The molecule has 0 amide bonds. The second-order valence-electron chi connectivity index (χ2n) is 10.7. The summed E-state index contributed by atoms with van der Waals surface area (Å²) in [5.41, 5.74) is 5.86. The van der Waals surface area contributed by atoms with E-state index in [1.54, 1.807) is 0 Å². The van der Waals surface area contributed by atoms with Crippen LogP contribution >= 0.6 is 23.6 Å². The highest BCUT2D eigenvalue weighted by molar-refractivity contribution is 7.94. The molecule has 0 fully saturated rings. The number of hydrogen-bond donors (Lipinski definition) is 7. The molecule has 5 aromatic rings. The number of benzene rings is 4. The molecule has 8 N–H and O–H groups in total. The van der Waals surface area contributed by atoms with Gasteiger partial charge in [-0.2, -0.15) is 40.2 Å². The van der Waals surface area contributed by atoms with Crippen molar-refractivity contribution < 1.29 is 66.1 Å². The number of nitrogens with zero attached hydrogens (tertiary/aromatic N) is 5.